The molecule has 0 aromatic heterocycles. The summed E-state index contributed by atoms with van der Waals surface area (Å²) in [5.41, 5.74) is 1.50. The number of carbonyl (C=O) groups is 1. The van der Waals surface area contributed by atoms with Crippen molar-refractivity contribution >= 4 is 29.4 Å². The Bertz CT molecular complexity index is 601. The summed E-state index contributed by atoms with van der Waals surface area (Å²) in [4.78, 5) is 10.3. The maximum absolute atomic E-state index is 10.3. The highest BCUT2D eigenvalue weighted by Crippen LogP contribution is 2.27. The van der Waals surface area contributed by atoms with Gasteiger partial charge in [-0.3, -0.25) is 0 Å². The van der Waals surface area contributed by atoms with Crippen molar-refractivity contribution in [1.29, 1.82) is 0 Å². The van der Waals surface area contributed by atoms with Gasteiger partial charge in [0.05, 0.1) is 25.3 Å². The fourth-order valence-corrected chi connectivity index (χ4v) is 2.50. The second-order valence-electron chi connectivity index (χ2n) is 5.09. The van der Waals surface area contributed by atoms with E-state index in [-0.39, 0.29) is 5.38 Å². The van der Waals surface area contributed by atoms with Gasteiger partial charge in [-0.1, -0.05) is 17.6 Å². The molecule has 1 atom stereocenters. The summed E-state index contributed by atoms with van der Waals surface area (Å²) in [6.07, 6.45) is 6.66. The first kappa shape index (κ1) is 19.8. The summed E-state index contributed by atoms with van der Waals surface area (Å²) < 4.78 is 10.1. The predicted octanol–water partition coefficient (Wildman–Crippen LogP) is 3.80. The van der Waals surface area contributed by atoms with Crippen LogP contribution in [0.2, 0.25) is 0 Å². The Morgan fingerprint density at radius 2 is 2.00 bits per heavy atom. The van der Waals surface area contributed by atoms with E-state index in [4.69, 9.17) is 31.4 Å². The number of nitrogens with zero attached hydrogens (tertiary/aromatic N) is 1. The van der Waals surface area contributed by atoms with Gasteiger partial charge in [-0.05, 0) is 43.0 Å². The Morgan fingerprint density at radius 1 is 1.29 bits per heavy atom. The van der Waals surface area contributed by atoms with Crippen LogP contribution in [0.1, 0.15) is 31.2 Å². The Hall–Kier alpha value is -2.21. The number of oxime groups is 1. The maximum atomic E-state index is 10.3. The van der Waals surface area contributed by atoms with Crippen LogP contribution in [0.5, 0.6) is 11.5 Å². The van der Waals surface area contributed by atoms with Crippen molar-refractivity contribution in [2.45, 2.75) is 31.1 Å². The Labute approximate surface area is 146 Å². The molecular formula is C17H22ClNO5. The highest BCUT2D eigenvalue weighted by molar-refractivity contribution is 6.32. The Balaban J connectivity index is 0.000000272. The number of benzene rings is 1. The van der Waals surface area contributed by atoms with Crippen LogP contribution in [0.15, 0.2) is 29.4 Å². The lowest BCUT2D eigenvalue weighted by Crippen LogP contribution is -2.18. The number of aliphatic carboxylic acids is 1. The van der Waals surface area contributed by atoms with Crippen LogP contribution >= 0.6 is 11.6 Å². The molecule has 6 nitrogen and oxygen atoms in total. The van der Waals surface area contributed by atoms with E-state index in [0.29, 0.717) is 11.5 Å². The smallest absolute Gasteiger partial charge is 0.328 e. The fraction of sp³-hybridized carbons (Fsp3) is 0.412. The van der Waals surface area contributed by atoms with Crippen molar-refractivity contribution in [3.8, 4) is 11.5 Å². The minimum absolute atomic E-state index is 0.0104. The number of hydrogen-bond donors (Lipinski definition) is 2. The SMILES string of the molecule is COc1ccc(/C=C/C(=O)O)cc1OC.O/N=C1/CCCCC1Cl. The topological polar surface area (TPSA) is 88.4 Å². The van der Waals surface area contributed by atoms with Gasteiger partial charge in [-0.25, -0.2) is 4.79 Å². The van der Waals surface area contributed by atoms with Gasteiger partial charge in [0.15, 0.2) is 11.5 Å². The molecule has 2 N–H and O–H groups in total. The van der Waals surface area contributed by atoms with Gasteiger partial charge in [0.25, 0.3) is 0 Å². The summed E-state index contributed by atoms with van der Waals surface area (Å²) in [6.45, 7) is 0. The van der Waals surface area contributed by atoms with E-state index < -0.39 is 5.97 Å². The fourth-order valence-electron chi connectivity index (χ4n) is 2.19. The van der Waals surface area contributed by atoms with E-state index in [1.807, 2.05) is 0 Å². The predicted molar refractivity (Wildman–Crippen MR) is 93.5 cm³/mol. The van der Waals surface area contributed by atoms with Crippen molar-refractivity contribution in [3.05, 3.63) is 29.8 Å². The van der Waals surface area contributed by atoms with Crippen molar-refractivity contribution in [3.63, 3.8) is 0 Å². The molecule has 2 rings (SSSR count). The van der Waals surface area contributed by atoms with E-state index >= 15 is 0 Å². The average molecular weight is 356 g/mol. The summed E-state index contributed by atoms with van der Waals surface area (Å²) in [5, 5.41) is 19.9. The number of carboxylic acids is 1. The van der Waals surface area contributed by atoms with Crippen molar-refractivity contribution < 1.29 is 24.6 Å². The number of hydrogen-bond acceptors (Lipinski definition) is 5. The standard InChI is InChI=1S/C11H12O4.C6H10ClNO/c1-14-9-5-3-8(4-6-11(12)13)7-10(9)15-2;7-5-3-1-2-4-6(5)8-9/h3-7H,1-2H3,(H,12,13);5,9H,1-4H2/b6-4+;8-6-. The summed E-state index contributed by atoms with van der Waals surface area (Å²) in [6, 6.07) is 5.18. The second-order valence-corrected chi connectivity index (χ2v) is 5.62. The molecule has 0 spiro atoms. The monoisotopic (exact) mass is 355 g/mol. The van der Waals surface area contributed by atoms with Crippen LogP contribution in [0.3, 0.4) is 0 Å². The minimum atomic E-state index is -0.982. The molecular weight excluding hydrogens is 334 g/mol. The summed E-state index contributed by atoms with van der Waals surface area (Å²) in [5.74, 6) is 0.208. The lowest BCUT2D eigenvalue weighted by Gasteiger charge is -2.15. The zero-order chi connectivity index (χ0) is 17.9. The third-order valence-electron chi connectivity index (χ3n) is 3.46. The number of ether oxygens (including phenoxy) is 2. The van der Waals surface area contributed by atoms with Gasteiger partial charge < -0.3 is 19.8 Å². The molecule has 0 heterocycles. The number of rotatable bonds is 4. The molecule has 1 aliphatic carbocycles. The van der Waals surface area contributed by atoms with E-state index in [1.165, 1.54) is 13.2 Å². The zero-order valence-electron chi connectivity index (χ0n) is 13.7. The largest absolute Gasteiger partial charge is 0.493 e. The number of alkyl halides is 1. The van der Waals surface area contributed by atoms with E-state index in [1.54, 1.807) is 25.3 Å². The van der Waals surface area contributed by atoms with Crippen LogP contribution in [0.25, 0.3) is 6.08 Å². The molecule has 1 saturated carbocycles. The summed E-state index contributed by atoms with van der Waals surface area (Å²) >= 11 is 5.79. The first-order valence-corrected chi connectivity index (χ1v) is 7.93. The molecule has 1 unspecified atom stereocenters. The number of carboxylic acid groups (broad SMARTS) is 1. The molecule has 1 aromatic rings. The van der Waals surface area contributed by atoms with Gasteiger partial charge in [-0.2, -0.15) is 0 Å². The summed E-state index contributed by atoms with van der Waals surface area (Å²) in [7, 11) is 3.08. The van der Waals surface area contributed by atoms with E-state index in [0.717, 1.165) is 43.0 Å². The molecule has 0 aliphatic heterocycles. The Kier molecular flexibility index (Phi) is 8.71. The lowest BCUT2D eigenvalue weighted by atomic mass is 9.98. The lowest BCUT2D eigenvalue weighted by molar-refractivity contribution is -0.131. The van der Waals surface area contributed by atoms with Gasteiger partial charge >= 0.3 is 5.97 Å². The molecule has 1 aliphatic rings. The first-order valence-electron chi connectivity index (χ1n) is 7.49. The van der Waals surface area contributed by atoms with Crippen molar-refractivity contribution in [2.75, 3.05) is 14.2 Å². The highest BCUT2D eigenvalue weighted by atomic mass is 35.5. The first-order chi connectivity index (χ1) is 11.5. The van der Waals surface area contributed by atoms with Gasteiger partial charge in [0, 0.05) is 6.08 Å². The highest BCUT2D eigenvalue weighted by Gasteiger charge is 2.17. The van der Waals surface area contributed by atoms with Crippen LogP contribution < -0.4 is 9.47 Å². The molecule has 0 saturated heterocycles. The van der Waals surface area contributed by atoms with Crippen molar-refractivity contribution in [1.82, 2.24) is 0 Å². The number of methoxy groups -OCH3 is 2. The third-order valence-corrected chi connectivity index (χ3v) is 3.93. The zero-order valence-corrected chi connectivity index (χ0v) is 14.5. The minimum Gasteiger partial charge on any atom is -0.493 e. The second kappa shape index (κ2) is 10.5. The van der Waals surface area contributed by atoms with Gasteiger partial charge in [0.1, 0.15) is 0 Å². The molecule has 7 heteroatoms. The normalized spacial score (nSPS) is 18.8. The number of halogens is 1. The molecule has 0 amide bonds. The molecule has 1 aromatic carbocycles. The van der Waals surface area contributed by atoms with Crippen LogP contribution in [-0.2, 0) is 4.79 Å². The maximum Gasteiger partial charge on any atom is 0.328 e. The van der Waals surface area contributed by atoms with Crippen LogP contribution in [0.4, 0.5) is 0 Å². The molecule has 24 heavy (non-hydrogen) atoms. The van der Waals surface area contributed by atoms with Gasteiger partial charge in [-0.15, -0.1) is 11.6 Å². The average Bonchev–Trinajstić information content (AvgIpc) is 2.60. The third kappa shape index (κ3) is 6.50. The molecule has 132 valence electrons. The van der Waals surface area contributed by atoms with E-state index in [2.05, 4.69) is 5.16 Å². The van der Waals surface area contributed by atoms with Crippen molar-refractivity contribution in [2.24, 2.45) is 5.16 Å². The molecule has 0 radical (unpaired) electrons. The van der Waals surface area contributed by atoms with Crippen LogP contribution in [-0.4, -0.2) is 41.6 Å². The molecule has 1 fully saturated rings. The van der Waals surface area contributed by atoms with Crippen LogP contribution in [0, 0.1) is 0 Å². The van der Waals surface area contributed by atoms with Gasteiger partial charge in [0.2, 0.25) is 0 Å². The Morgan fingerprint density at radius 3 is 2.50 bits per heavy atom. The van der Waals surface area contributed by atoms with E-state index in [9.17, 15) is 4.79 Å². The quantitative estimate of drug-likeness (QED) is 0.371. The molecule has 0 bridgehead atoms.